The van der Waals surface area contributed by atoms with Gasteiger partial charge in [0.15, 0.2) is 5.69 Å². The summed E-state index contributed by atoms with van der Waals surface area (Å²) in [7, 11) is 0. The van der Waals surface area contributed by atoms with Crippen LogP contribution < -0.4 is 5.63 Å². The van der Waals surface area contributed by atoms with Crippen molar-refractivity contribution in [1.82, 2.24) is 4.98 Å². The molecule has 0 unspecified atom stereocenters. The van der Waals surface area contributed by atoms with Gasteiger partial charge in [0.25, 0.3) is 0 Å². The van der Waals surface area contributed by atoms with E-state index >= 15 is 0 Å². The summed E-state index contributed by atoms with van der Waals surface area (Å²) >= 11 is 0. The third-order valence-corrected chi connectivity index (χ3v) is 2.15. The largest absolute Gasteiger partial charge is 0.425 e. The van der Waals surface area contributed by atoms with Gasteiger partial charge in [-0.15, -0.1) is 0 Å². The molecule has 0 saturated carbocycles. The quantitative estimate of drug-likeness (QED) is 0.748. The molecule has 1 aromatic heterocycles. The fraction of sp³-hybridized carbons (Fsp3) is 0.167. The monoisotopic (exact) mass is 201 g/mol. The molecule has 1 aromatic carbocycles. The molecule has 0 saturated heterocycles. The van der Waals surface area contributed by atoms with Gasteiger partial charge in [-0.25, -0.2) is 9.78 Å². The molecule has 0 atom stereocenters. The van der Waals surface area contributed by atoms with Crippen LogP contribution in [0.4, 0.5) is 0 Å². The van der Waals surface area contributed by atoms with Crippen LogP contribution in [0.3, 0.4) is 0 Å². The summed E-state index contributed by atoms with van der Waals surface area (Å²) in [5.41, 5.74) is 0.780. The molecule has 2 aromatic rings. The summed E-state index contributed by atoms with van der Waals surface area (Å²) in [6.07, 6.45) is 2.28. The van der Waals surface area contributed by atoms with Crippen molar-refractivity contribution < 1.29 is 4.42 Å². The van der Waals surface area contributed by atoms with Gasteiger partial charge < -0.3 is 4.42 Å². The molecule has 0 fully saturated rings. The SMILES string of the molecule is CCc1cnc(-c2ccccc2)c(=O)o1. The van der Waals surface area contributed by atoms with E-state index in [9.17, 15) is 4.79 Å². The normalized spacial score (nSPS) is 10.2. The molecule has 0 amide bonds. The fourth-order valence-corrected chi connectivity index (χ4v) is 1.33. The zero-order valence-electron chi connectivity index (χ0n) is 8.43. The third kappa shape index (κ3) is 1.96. The summed E-state index contributed by atoms with van der Waals surface area (Å²) in [6, 6.07) is 9.30. The first-order valence-corrected chi connectivity index (χ1v) is 4.85. The molecule has 0 aliphatic rings. The Morgan fingerprint density at radius 1 is 1.27 bits per heavy atom. The fourth-order valence-electron chi connectivity index (χ4n) is 1.33. The van der Waals surface area contributed by atoms with Crippen LogP contribution in [0.2, 0.25) is 0 Å². The number of aryl methyl sites for hydroxylation is 1. The molecule has 0 N–H and O–H groups in total. The highest BCUT2D eigenvalue weighted by Gasteiger charge is 2.06. The minimum atomic E-state index is -0.374. The zero-order chi connectivity index (χ0) is 10.7. The summed E-state index contributed by atoms with van der Waals surface area (Å²) in [6.45, 7) is 1.92. The maximum absolute atomic E-state index is 11.6. The average molecular weight is 201 g/mol. The highest BCUT2D eigenvalue weighted by molar-refractivity contribution is 5.56. The van der Waals surface area contributed by atoms with Gasteiger partial charge in [-0.1, -0.05) is 37.3 Å². The van der Waals surface area contributed by atoms with Gasteiger partial charge in [-0.3, -0.25) is 0 Å². The molecule has 0 bridgehead atoms. The molecular formula is C12H11NO2. The molecule has 0 aliphatic heterocycles. The average Bonchev–Trinajstić information content (AvgIpc) is 2.30. The maximum atomic E-state index is 11.6. The van der Waals surface area contributed by atoms with Crippen LogP contribution in [-0.2, 0) is 6.42 Å². The molecule has 76 valence electrons. The van der Waals surface area contributed by atoms with Crippen molar-refractivity contribution in [1.29, 1.82) is 0 Å². The highest BCUT2D eigenvalue weighted by Crippen LogP contribution is 2.11. The number of rotatable bonds is 2. The Bertz CT molecular complexity index is 503. The topological polar surface area (TPSA) is 43.1 Å². The van der Waals surface area contributed by atoms with E-state index in [2.05, 4.69) is 4.98 Å². The van der Waals surface area contributed by atoms with Gasteiger partial charge in [0.1, 0.15) is 5.76 Å². The molecule has 3 heteroatoms. The smallest absolute Gasteiger partial charge is 0.362 e. The Labute approximate surface area is 87.4 Å². The standard InChI is InChI=1S/C12H11NO2/c1-2-10-8-13-11(12(14)15-10)9-6-4-3-5-7-9/h3-8H,2H2,1H3. The second kappa shape index (κ2) is 4.09. The first-order chi connectivity index (χ1) is 7.31. The predicted octanol–water partition coefficient (Wildman–Crippen LogP) is 2.26. The number of hydrogen-bond donors (Lipinski definition) is 0. The van der Waals surface area contributed by atoms with Crippen molar-refractivity contribution in [3.05, 3.63) is 52.7 Å². The van der Waals surface area contributed by atoms with Gasteiger partial charge in [-0.05, 0) is 0 Å². The summed E-state index contributed by atoms with van der Waals surface area (Å²) in [5.74, 6) is 0.611. The number of aromatic nitrogens is 1. The van der Waals surface area contributed by atoms with E-state index in [1.165, 1.54) is 0 Å². The first kappa shape index (κ1) is 9.65. The lowest BCUT2D eigenvalue weighted by Crippen LogP contribution is -2.07. The Hall–Kier alpha value is -1.90. The maximum Gasteiger partial charge on any atom is 0.362 e. The third-order valence-electron chi connectivity index (χ3n) is 2.15. The molecule has 0 radical (unpaired) electrons. The minimum Gasteiger partial charge on any atom is -0.425 e. The van der Waals surface area contributed by atoms with Gasteiger partial charge in [0, 0.05) is 12.0 Å². The lowest BCUT2D eigenvalue weighted by atomic mass is 10.2. The molecule has 2 rings (SSSR count). The van der Waals surface area contributed by atoms with Crippen molar-refractivity contribution >= 4 is 0 Å². The van der Waals surface area contributed by atoms with Crippen LogP contribution in [-0.4, -0.2) is 4.98 Å². The minimum absolute atomic E-state index is 0.368. The lowest BCUT2D eigenvalue weighted by Gasteiger charge is -1.99. The van der Waals surface area contributed by atoms with Gasteiger partial charge in [0.05, 0.1) is 6.20 Å². The van der Waals surface area contributed by atoms with E-state index in [1.807, 2.05) is 37.3 Å². The molecule has 1 heterocycles. The van der Waals surface area contributed by atoms with Crippen LogP contribution >= 0.6 is 0 Å². The molecule has 15 heavy (non-hydrogen) atoms. The molecule has 0 spiro atoms. The Morgan fingerprint density at radius 2 is 2.00 bits per heavy atom. The van der Waals surface area contributed by atoms with Crippen LogP contribution in [0.5, 0.6) is 0 Å². The van der Waals surface area contributed by atoms with E-state index in [4.69, 9.17) is 4.42 Å². The Balaban J connectivity index is 2.51. The van der Waals surface area contributed by atoms with Crippen LogP contribution in [0, 0.1) is 0 Å². The Morgan fingerprint density at radius 3 is 2.60 bits per heavy atom. The van der Waals surface area contributed by atoms with E-state index < -0.39 is 0 Å². The first-order valence-electron chi connectivity index (χ1n) is 4.85. The van der Waals surface area contributed by atoms with Crippen molar-refractivity contribution in [2.24, 2.45) is 0 Å². The van der Waals surface area contributed by atoms with Gasteiger partial charge in [0.2, 0.25) is 0 Å². The number of hydrogen-bond acceptors (Lipinski definition) is 3. The van der Waals surface area contributed by atoms with E-state index in [1.54, 1.807) is 6.20 Å². The number of nitrogens with zero attached hydrogens (tertiary/aromatic N) is 1. The zero-order valence-corrected chi connectivity index (χ0v) is 8.43. The second-order valence-corrected chi connectivity index (χ2v) is 3.18. The van der Waals surface area contributed by atoms with Gasteiger partial charge >= 0.3 is 5.63 Å². The predicted molar refractivity (Wildman–Crippen MR) is 57.6 cm³/mol. The van der Waals surface area contributed by atoms with E-state index in [0.717, 1.165) is 5.56 Å². The molecule has 0 aliphatic carbocycles. The van der Waals surface area contributed by atoms with Gasteiger partial charge in [-0.2, -0.15) is 0 Å². The number of benzene rings is 1. The van der Waals surface area contributed by atoms with E-state index in [-0.39, 0.29) is 5.63 Å². The van der Waals surface area contributed by atoms with Crippen LogP contribution in [0.1, 0.15) is 12.7 Å². The van der Waals surface area contributed by atoms with Crippen molar-refractivity contribution in [2.75, 3.05) is 0 Å². The summed E-state index contributed by atoms with van der Waals surface area (Å²) in [5, 5.41) is 0. The van der Waals surface area contributed by atoms with Crippen molar-refractivity contribution in [2.45, 2.75) is 13.3 Å². The van der Waals surface area contributed by atoms with Crippen LogP contribution in [0.15, 0.2) is 45.7 Å². The van der Waals surface area contributed by atoms with Crippen LogP contribution in [0.25, 0.3) is 11.3 Å². The molecular weight excluding hydrogens is 190 g/mol. The summed E-state index contributed by atoms with van der Waals surface area (Å²) < 4.78 is 5.09. The Kier molecular flexibility index (Phi) is 2.63. The molecule has 3 nitrogen and oxygen atoms in total. The lowest BCUT2D eigenvalue weighted by molar-refractivity contribution is 0.459. The van der Waals surface area contributed by atoms with Crippen molar-refractivity contribution in [3.8, 4) is 11.3 Å². The highest BCUT2D eigenvalue weighted by atomic mass is 16.4. The second-order valence-electron chi connectivity index (χ2n) is 3.18. The summed E-state index contributed by atoms with van der Waals surface area (Å²) in [4.78, 5) is 15.7. The van der Waals surface area contributed by atoms with Crippen molar-refractivity contribution in [3.63, 3.8) is 0 Å². The van der Waals surface area contributed by atoms with E-state index in [0.29, 0.717) is 17.9 Å².